The van der Waals surface area contributed by atoms with Crippen LogP contribution in [0.4, 0.5) is 0 Å². The van der Waals surface area contributed by atoms with Crippen LogP contribution in [0.2, 0.25) is 0 Å². The van der Waals surface area contributed by atoms with Crippen LogP contribution in [0.1, 0.15) is 11.3 Å². The van der Waals surface area contributed by atoms with Crippen molar-refractivity contribution in [2.45, 2.75) is 17.0 Å². The normalized spacial score (nSPS) is 11.8. The molecule has 0 aromatic carbocycles. The molecule has 0 aliphatic heterocycles. The smallest absolute Gasteiger partial charge is 0.174 e. The average Bonchev–Trinajstić information content (AvgIpc) is 2.65. The van der Waals surface area contributed by atoms with Gasteiger partial charge in [-0.3, -0.25) is 4.68 Å². The van der Waals surface area contributed by atoms with Crippen molar-refractivity contribution >= 4 is 17.6 Å². The molecule has 6 nitrogen and oxygen atoms in total. The molecule has 94 valence electrons. The highest BCUT2D eigenvalue weighted by Gasteiger charge is 2.18. The predicted octanol–water partition coefficient (Wildman–Crippen LogP) is 1.37. The second kappa shape index (κ2) is 5.09. The summed E-state index contributed by atoms with van der Waals surface area (Å²) >= 11 is 1.42. The Morgan fingerprint density at radius 2 is 2.28 bits per heavy atom. The van der Waals surface area contributed by atoms with Gasteiger partial charge in [0.25, 0.3) is 0 Å². The number of aromatic nitrogens is 3. The van der Waals surface area contributed by atoms with Gasteiger partial charge in [0.2, 0.25) is 0 Å². The van der Waals surface area contributed by atoms with Crippen LogP contribution in [0.3, 0.4) is 0 Å². The Bertz CT molecular complexity index is 579. The summed E-state index contributed by atoms with van der Waals surface area (Å²) in [6.45, 7) is 1.82. The number of oxime groups is 1. The average molecular weight is 263 g/mol. The molecule has 0 aliphatic rings. The van der Waals surface area contributed by atoms with E-state index in [4.69, 9.17) is 10.9 Å². The van der Waals surface area contributed by atoms with Gasteiger partial charge < -0.3 is 10.9 Å². The number of hydrogen-bond acceptors (Lipinski definition) is 5. The number of pyridine rings is 1. The van der Waals surface area contributed by atoms with Crippen LogP contribution in [0.15, 0.2) is 39.6 Å². The van der Waals surface area contributed by atoms with E-state index in [9.17, 15) is 0 Å². The van der Waals surface area contributed by atoms with Crippen molar-refractivity contribution in [3.63, 3.8) is 0 Å². The fourth-order valence-corrected chi connectivity index (χ4v) is 2.59. The quantitative estimate of drug-likeness (QED) is 0.378. The molecule has 0 unspecified atom stereocenters. The van der Waals surface area contributed by atoms with E-state index in [-0.39, 0.29) is 5.84 Å². The first kappa shape index (κ1) is 12.4. The van der Waals surface area contributed by atoms with E-state index >= 15 is 0 Å². The van der Waals surface area contributed by atoms with Gasteiger partial charge in [-0.1, -0.05) is 11.2 Å². The minimum absolute atomic E-state index is 0.0547. The number of rotatable bonds is 3. The number of hydrogen-bond donors (Lipinski definition) is 2. The molecule has 0 saturated carbocycles. The molecule has 0 atom stereocenters. The highest BCUT2D eigenvalue weighted by Crippen LogP contribution is 2.29. The zero-order valence-electron chi connectivity index (χ0n) is 10.0. The van der Waals surface area contributed by atoms with Gasteiger partial charge in [0.05, 0.1) is 11.3 Å². The molecule has 0 bridgehead atoms. The Hall–Kier alpha value is -2.02. The maximum atomic E-state index is 8.81. The molecular formula is C11H13N5OS. The van der Waals surface area contributed by atoms with E-state index < -0.39 is 0 Å². The van der Waals surface area contributed by atoms with Gasteiger partial charge in [0.1, 0.15) is 10.1 Å². The summed E-state index contributed by atoms with van der Waals surface area (Å²) < 4.78 is 1.70. The molecule has 0 aliphatic carbocycles. The second-order valence-corrected chi connectivity index (χ2v) is 4.65. The SMILES string of the molecule is Cc1nn(C)c(Sc2ccccn2)c1C(N)=NO. The van der Waals surface area contributed by atoms with E-state index in [1.54, 1.807) is 10.9 Å². The molecule has 2 aromatic heterocycles. The highest BCUT2D eigenvalue weighted by molar-refractivity contribution is 7.99. The minimum Gasteiger partial charge on any atom is -0.409 e. The molecule has 0 saturated heterocycles. The summed E-state index contributed by atoms with van der Waals surface area (Å²) in [4.78, 5) is 4.23. The van der Waals surface area contributed by atoms with Crippen molar-refractivity contribution in [2.75, 3.05) is 0 Å². The third-order valence-electron chi connectivity index (χ3n) is 2.37. The van der Waals surface area contributed by atoms with Gasteiger partial charge in [-0.2, -0.15) is 5.10 Å². The van der Waals surface area contributed by atoms with Crippen LogP contribution in [-0.4, -0.2) is 25.8 Å². The summed E-state index contributed by atoms with van der Waals surface area (Å²) in [6.07, 6.45) is 1.72. The lowest BCUT2D eigenvalue weighted by atomic mass is 10.2. The molecule has 3 N–H and O–H groups in total. The number of aryl methyl sites for hydroxylation is 2. The van der Waals surface area contributed by atoms with Crippen molar-refractivity contribution < 1.29 is 5.21 Å². The first-order valence-corrected chi connectivity index (χ1v) is 6.05. The zero-order valence-corrected chi connectivity index (χ0v) is 10.8. The van der Waals surface area contributed by atoms with Crippen molar-refractivity contribution in [1.82, 2.24) is 14.8 Å². The summed E-state index contributed by atoms with van der Waals surface area (Å²) in [7, 11) is 1.81. The summed E-state index contributed by atoms with van der Waals surface area (Å²) in [5.41, 5.74) is 7.02. The number of amidine groups is 1. The third kappa shape index (κ3) is 2.30. The van der Waals surface area contributed by atoms with E-state index in [2.05, 4.69) is 15.2 Å². The Morgan fingerprint density at radius 3 is 2.89 bits per heavy atom. The molecule has 0 amide bonds. The highest BCUT2D eigenvalue weighted by atomic mass is 32.2. The van der Waals surface area contributed by atoms with Gasteiger partial charge in [0.15, 0.2) is 5.84 Å². The minimum atomic E-state index is 0.0547. The first-order chi connectivity index (χ1) is 8.63. The Morgan fingerprint density at radius 1 is 1.50 bits per heavy atom. The van der Waals surface area contributed by atoms with Gasteiger partial charge in [-0.05, 0) is 30.8 Å². The van der Waals surface area contributed by atoms with Crippen LogP contribution in [0, 0.1) is 6.92 Å². The Labute approximate surface area is 109 Å². The molecule has 0 spiro atoms. The fraction of sp³-hybridized carbons (Fsp3) is 0.182. The van der Waals surface area contributed by atoms with Crippen LogP contribution in [0.25, 0.3) is 0 Å². The van der Waals surface area contributed by atoms with Gasteiger partial charge in [0, 0.05) is 13.2 Å². The van der Waals surface area contributed by atoms with E-state index in [1.807, 2.05) is 32.2 Å². The van der Waals surface area contributed by atoms with E-state index in [0.717, 1.165) is 10.1 Å². The zero-order chi connectivity index (χ0) is 13.1. The largest absolute Gasteiger partial charge is 0.409 e. The second-order valence-electron chi connectivity index (χ2n) is 3.64. The lowest BCUT2D eigenvalue weighted by Crippen LogP contribution is -2.15. The predicted molar refractivity (Wildman–Crippen MR) is 68.8 cm³/mol. The molecule has 0 fully saturated rings. The molecule has 2 aromatic rings. The van der Waals surface area contributed by atoms with Crippen LogP contribution in [0.5, 0.6) is 0 Å². The lowest BCUT2D eigenvalue weighted by Gasteiger charge is -2.04. The lowest BCUT2D eigenvalue weighted by molar-refractivity contribution is 0.318. The first-order valence-electron chi connectivity index (χ1n) is 5.24. The Balaban J connectivity index is 2.45. The van der Waals surface area contributed by atoms with E-state index in [0.29, 0.717) is 11.3 Å². The standard InChI is InChI=1S/C11H13N5OS/c1-7-9(10(12)15-17)11(16(2)14-7)18-8-5-3-4-6-13-8/h3-6,17H,1-2H3,(H2,12,15). The number of nitrogens with two attached hydrogens (primary N) is 1. The monoisotopic (exact) mass is 263 g/mol. The Kier molecular flexibility index (Phi) is 3.52. The molecule has 18 heavy (non-hydrogen) atoms. The molecular weight excluding hydrogens is 250 g/mol. The molecule has 2 heterocycles. The number of nitrogens with zero attached hydrogens (tertiary/aromatic N) is 4. The summed E-state index contributed by atoms with van der Waals surface area (Å²) in [5, 5.41) is 17.7. The third-order valence-corrected chi connectivity index (χ3v) is 3.48. The fourth-order valence-electron chi connectivity index (χ4n) is 1.61. The van der Waals surface area contributed by atoms with Crippen LogP contribution < -0.4 is 5.73 Å². The molecule has 7 heteroatoms. The van der Waals surface area contributed by atoms with Crippen LogP contribution >= 0.6 is 11.8 Å². The summed E-state index contributed by atoms with van der Waals surface area (Å²) in [6, 6.07) is 5.65. The van der Waals surface area contributed by atoms with Gasteiger partial charge in [-0.15, -0.1) is 0 Å². The van der Waals surface area contributed by atoms with Gasteiger partial charge >= 0.3 is 0 Å². The maximum absolute atomic E-state index is 8.81. The van der Waals surface area contributed by atoms with Gasteiger partial charge in [-0.25, -0.2) is 4.98 Å². The van der Waals surface area contributed by atoms with Crippen LogP contribution in [-0.2, 0) is 7.05 Å². The summed E-state index contributed by atoms with van der Waals surface area (Å²) in [5.74, 6) is 0.0547. The molecule has 0 radical (unpaired) electrons. The van der Waals surface area contributed by atoms with Crippen molar-refractivity contribution in [3.8, 4) is 0 Å². The van der Waals surface area contributed by atoms with Crippen molar-refractivity contribution in [2.24, 2.45) is 17.9 Å². The topological polar surface area (TPSA) is 89.3 Å². The van der Waals surface area contributed by atoms with E-state index in [1.165, 1.54) is 11.8 Å². The maximum Gasteiger partial charge on any atom is 0.174 e. The van der Waals surface area contributed by atoms with Crippen molar-refractivity contribution in [1.29, 1.82) is 0 Å². The van der Waals surface area contributed by atoms with Crippen molar-refractivity contribution in [3.05, 3.63) is 35.7 Å². The molecule has 2 rings (SSSR count).